The first-order chi connectivity index (χ1) is 14.0. The van der Waals surface area contributed by atoms with E-state index in [2.05, 4.69) is 5.10 Å². The first-order valence-corrected chi connectivity index (χ1v) is 9.40. The lowest BCUT2D eigenvalue weighted by molar-refractivity contribution is -0.132. The molecule has 3 aromatic rings. The maximum absolute atomic E-state index is 14.0. The summed E-state index contributed by atoms with van der Waals surface area (Å²) < 4.78 is 29.1. The maximum Gasteiger partial charge on any atom is 0.273 e. The Bertz CT molecular complexity index is 1180. The number of hydrogen-bond donors (Lipinski definition) is 1. The van der Waals surface area contributed by atoms with Crippen LogP contribution < -0.4 is 11.1 Å². The first-order valence-electron chi connectivity index (χ1n) is 9.40. The Balaban J connectivity index is 1.54. The predicted molar refractivity (Wildman–Crippen MR) is 103 cm³/mol. The molecule has 2 aromatic carbocycles. The normalized spacial score (nSPS) is 13.6. The molecule has 1 fully saturated rings. The molecule has 150 valence electrons. The number of fused-ring (bicyclic) bond motifs is 1. The van der Waals surface area contributed by atoms with Gasteiger partial charge in [-0.3, -0.25) is 19.5 Å². The van der Waals surface area contributed by atoms with Crippen molar-refractivity contribution < 1.29 is 13.6 Å². The number of carbonyl (C=O) groups excluding carboxylic acids is 1. The summed E-state index contributed by atoms with van der Waals surface area (Å²) >= 11 is 0. The van der Waals surface area contributed by atoms with Crippen molar-refractivity contribution in [3.63, 3.8) is 0 Å². The number of nitrogens with one attached hydrogen (secondary N) is 1. The maximum atomic E-state index is 14.0. The van der Waals surface area contributed by atoms with E-state index in [1.807, 2.05) is 0 Å². The van der Waals surface area contributed by atoms with Gasteiger partial charge in [-0.15, -0.1) is 0 Å². The summed E-state index contributed by atoms with van der Waals surface area (Å²) in [5.74, 6) is -1.71. The van der Waals surface area contributed by atoms with Crippen molar-refractivity contribution in [2.45, 2.75) is 38.4 Å². The molecule has 1 aliphatic carbocycles. The van der Waals surface area contributed by atoms with Crippen LogP contribution in [0.4, 0.5) is 8.78 Å². The zero-order valence-corrected chi connectivity index (χ0v) is 15.5. The highest BCUT2D eigenvalue weighted by molar-refractivity contribution is 5.80. The van der Waals surface area contributed by atoms with E-state index in [1.165, 1.54) is 11.0 Å². The molecule has 6 nitrogen and oxygen atoms in total. The fraction of sp³-hybridized carbons (Fsp3) is 0.286. The fourth-order valence-corrected chi connectivity index (χ4v) is 3.42. The molecule has 1 N–H and O–H groups in total. The van der Waals surface area contributed by atoms with Crippen molar-refractivity contribution in [3.05, 3.63) is 80.4 Å². The summed E-state index contributed by atoms with van der Waals surface area (Å²) in [4.78, 5) is 38.9. The van der Waals surface area contributed by atoms with Crippen LogP contribution in [-0.2, 0) is 17.9 Å². The minimum Gasteiger partial charge on any atom is -0.335 e. The number of aromatic amines is 1. The Hall–Kier alpha value is -3.29. The zero-order valence-electron chi connectivity index (χ0n) is 15.5. The molecule has 0 radical (unpaired) electrons. The monoisotopic (exact) mass is 399 g/mol. The molecule has 1 amide bonds. The van der Waals surface area contributed by atoms with Gasteiger partial charge in [0.1, 0.15) is 11.6 Å². The van der Waals surface area contributed by atoms with Gasteiger partial charge in [-0.2, -0.15) is 0 Å². The molecule has 29 heavy (non-hydrogen) atoms. The topological polar surface area (TPSA) is 75.2 Å². The molecule has 0 unspecified atom stereocenters. The average molecular weight is 399 g/mol. The molecule has 0 spiro atoms. The van der Waals surface area contributed by atoms with Gasteiger partial charge >= 0.3 is 0 Å². The molecule has 1 aromatic heterocycles. The van der Waals surface area contributed by atoms with Gasteiger partial charge in [0.25, 0.3) is 11.1 Å². The van der Waals surface area contributed by atoms with E-state index in [9.17, 15) is 23.2 Å². The van der Waals surface area contributed by atoms with E-state index in [0.29, 0.717) is 0 Å². The highest BCUT2D eigenvalue weighted by Crippen LogP contribution is 2.30. The summed E-state index contributed by atoms with van der Waals surface area (Å²) in [7, 11) is 0. The lowest BCUT2D eigenvalue weighted by Gasteiger charge is -2.23. The number of carbonyl (C=O) groups is 1. The number of rotatable bonds is 6. The van der Waals surface area contributed by atoms with E-state index in [0.717, 1.165) is 29.7 Å². The molecule has 4 rings (SSSR count). The van der Waals surface area contributed by atoms with E-state index in [-0.39, 0.29) is 47.8 Å². The summed E-state index contributed by atoms with van der Waals surface area (Å²) in [5, 5.41) is 3.04. The van der Waals surface area contributed by atoms with Gasteiger partial charge in [0.15, 0.2) is 0 Å². The van der Waals surface area contributed by atoms with Crippen LogP contribution >= 0.6 is 0 Å². The quantitative estimate of drug-likeness (QED) is 0.692. The largest absolute Gasteiger partial charge is 0.335 e. The summed E-state index contributed by atoms with van der Waals surface area (Å²) in [6.07, 6.45) is 1.48. The van der Waals surface area contributed by atoms with Crippen LogP contribution in [0.15, 0.2) is 52.1 Å². The number of nitrogens with zero attached hydrogens (tertiary/aromatic N) is 2. The van der Waals surface area contributed by atoms with E-state index in [4.69, 9.17) is 0 Å². The van der Waals surface area contributed by atoms with Gasteiger partial charge in [-0.25, -0.2) is 13.5 Å². The van der Waals surface area contributed by atoms with Crippen LogP contribution in [0.5, 0.6) is 0 Å². The minimum absolute atomic E-state index is 0.0271. The van der Waals surface area contributed by atoms with E-state index < -0.39 is 22.8 Å². The lowest BCUT2D eigenvalue weighted by atomic mass is 10.1. The molecule has 0 aliphatic heterocycles. The Morgan fingerprint density at radius 2 is 1.69 bits per heavy atom. The molecular formula is C21H19F2N3O3. The third-order valence-corrected chi connectivity index (χ3v) is 5.13. The molecule has 1 aliphatic rings. The lowest BCUT2D eigenvalue weighted by Crippen LogP contribution is -2.36. The molecule has 8 heteroatoms. The summed E-state index contributed by atoms with van der Waals surface area (Å²) in [5.41, 5.74) is -0.963. The summed E-state index contributed by atoms with van der Waals surface area (Å²) in [6, 6.07) is 9.98. The highest BCUT2D eigenvalue weighted by atomic mass is 19.1. The van der Waals surface area contributed by atoms with Crippen molar-refractivity contribution in [1.82, 2.24) is 14.7 Å². The van der Waals surface area contributed by atoms with Crippen LogP contribution in [0.2, 0.25) is 0 Å². The van der Waals surface area contributed by atoms with Gasteiger partial charge in [0.05, 0.1) is 23.9 Å². The Kier molecular flexibility index (Phi) is 5.00. The Morgan fingerprint density at radius 1 is 1.03 bits per heavy atom. The van der Waals surface area contributed by atoms with Crippen LogP contribution in [-0.4, -0.2) is 26.6 Å². The second kappa shape index (κ2) is 7.62. The Morgan fingerprint density at radius 3 is 2.34 bits per heavy atom. The molecule has 0 bridgehead atoms. The van der Waals surface area contributed by atoms with Crippen LogP contribution in [0.1, 0.15) is 24.8 Å². The average Bonchev–Trinajstić information content (AvgIpc) is 3.54. The molecular weight excluding hydrogens is 380 g/mol. The van der Waals surface area contributed by atoms with Crippen LogP contribution in [0, 0.1) is 11.6 Å². The number of benzene rings is 2. The number of H-pyrrole nitrogens is 1. The number of hydrogen-bond acceptors (Lipinski definition) is 3. The van der Waals surface area contributed by atoms with Crippen LogP contribution in [0.3, 0.4) is 0 Å². The standard InChI is InChI=1S/C21H19F2N3O3/c22-17-6-3-7-18(23)16(17)12-25(13-8-9-13)19(27)10-11-26-21(29)15-5-2-1-4-14(15)20(28)24-26/h1-7,13H,8-12H2,(H,24,28). The van der Waals surface area contributed by atoms with Crippen molar-refractivity contribution in [1.29, 1.82) is 0 Å². The van der Waals surface area contributed by atoms with Crippen molar-refractivity contribution in [3.8, 4) is 0 Å². The summed E-state index contributed by atoms with van der Waals surface area (Å²) in [6.45, 7) is -0.189. The fourth-order valence-electron chi connectivity index (χ4n) is 3.42. The predicted octanol–water partition coefficient (Wildman–Crippen LogP) is 2.55. The smallest absolute Gasteiger partial charge is 0.273 e. The van der Waals surface area contributed by atoms with Crippen LogP contribution in [0.25, 0.3) is 10.8 Å². The number of aromatic nitrogens is 2. The molecule has 1 heterocycles. The minimum atomic E-state index is -0.696. The van der Waals surface area contributed by atoms with Crippen molar-refractivity contribution in [2.75, 3.05) is 0 Å². The number of halogens is 2. The van der Waals surface area contributed by atoms with E-state index in [1.54, 1.807) is 24.3 Å². The number of amides is 1. The first kappa shape index (κ1) is 19.0. The van der Waals surface area contributed by atoms with Gasteiger partial charge in [0, 0.05) is 18.0 Å². The third-order valence-electron chi connectivity index (χ3n) is 5.13. The molecule has 0 atom stereocenters. The second-order valence-electron chi connectivity index (χ2n) is 7.15. The van der Waals surface area contributed by atoms with Gasteiger partial charge in [-0.05, 0) is 37.1 Å². The van der Waals surface area contributed by atoms with Crippen molar-refractivity contribution >= 4 is 16.7 Å². The van der Waals surface area contributed by atoms with Gasteiger partial charge < -0.3 is 4.90 Å². The molecule has 1 saturated carbocycles. The van der Waals surface area contributed by atoms with Gasteiger partial charge in [-0.1, -0.05) is 18.2 Å². The zero-order chi connectivity index (χ0) is 20.5. The Labute approximate surface area is 164 Å². The van der Waals surface area contributed by atoms with Gasteiger partial charge in [0.2, 0.25) is 5.91 Å². The number of aryl methyl sites for hydroxylation is 1. The van der Waals surface area contributed by atoms with Crippen molar-refractivity contribution in [2.24, 2.45) is 0 Å². The van der Waals surface area contributed by atoms with E-state index >= 15 is 0 Å². The SMILES string of the molecule is O=C(CCn1[nH]c(=O)c2ccccc2c1=O)N(Cc1c(F)cccc1F)C1CC1. The second-order valence-corrected chi connectivity index (χ2v) is 7.15. The third kappa shape index (κ3) is 3.83. The molecule has 0 saturated heterocycles. The highest BCUT2D eigenvalue weighted by Gasteiger charge is 2.33.